The number of aliphatic carboxylic acids is 1. The minimum Gasteiger partial charge on any atom is -0.481 e. The molecular weight excluding hydrogens is 243 g/mol. The summed E-state index contributed by atoms with van der Waals surface area (Å²) in [6.07, 6.45) is 2.16. The van der Waals surface area contributed by atoms with E-state index in [2.05, 4.69) is 4.98 Å². The van der Waals surface area contributed by atoms with Crippen LogP contribution in [0.1, 0.15) is 33.6 Å². The fraction of sp³-hybridized carbons (Fsp3) is 0.200. The molecule has 1 aromatic carbocycles. The lowest BCUT2D eigenvalue weighted by Gasteiger charge is -2.20. The van der Waals surface area contributed by atoms with Crippen molar-refractivity contribution in [3.8, 4) is 11.6 Å². The van der Waals surface area contributed by atoms with Crippen molar-refractivity contribution < 1.29 is 18.8 Å². The van der Waals surface area contributed by atoms with Crippen molar-refractivity contribution in [2.75, 3.05) is 0 Å². The summed E-state index contributed by atoms with van der Waals surface area (Å²) in [5, 5.41) is 9.22. The molecule has 3 rings (SSSR count). The van der Waals surface area contributed by atoms with Crippen molar-refractivity contribution in [1.29, 1.82) is 0 Å². The topological polar surface area (TPSA) is 59.4 Å². The van der Waals surface area contributed by atoms with Crippen LogP contribution in [0.5, 0.6) is 11.6 Å². The first-order chi connectivity index (χ1) is 10.4. The molecule has 0 saturated heterocycles. The van der Waals surface area contributed by atoms with Crippen LogP contribution in [0.3, 0.4) is 0 Å². The van der Waals surface area contributed by atoms with Gasteiger partial charge in [0.15, 0.2) is 0 Å². The van der Waals surface area contributed by atoms with Gasteiger partial charge in [0.05, 0.1) is 5.92 Å². The number of hydrogen-bond donors (Lipinski definition) is 1. The van der Waals surface area contributed by atoms with Crippen LogP contribution in [0.25, 0.3) is 0 Å². The van der Waals surface area contributed by atoms with E-state index in [1.165, 1.54) is 6.07 Å². The first-order valence-corrected chi connectivity index (χ1v) is 5.83. The summed E-state index contributed by atoms with van der Waals surface area (Å²) >= 11 is 0. The van der Waals surface area contributed by atoms with Gasteiger partial charge in [0, 0.05) is 22.3 Å². The summed E-state index contributed by atoms with van der Waals surface area (Å²) < 4.78 is 27.9. The van der Waals surface area contributed by atoms with Gasteiger partial charge >= 0.3 is 5.97 Å². The minimum absolute atomic E-state index is 0.252. The molecule has 4 heteroatoms. The van der Waals surface area contributed by atoms with E-state index in [0.717, 1.165) is 11.1 Å². The SMILES string of the molecule is [2H][13C]([2H])([2H])C(C(=O)O)c1ccc2c(c1)Cc1cccnc1O2. The van der Waals surface area contributed by atoms with Gasteiger partial charge in [-0.3, -0.25) is 4.79 Å². The van der Waals surface area contributed by atoms with E-state index in [9.17, 15) is 9.90 Å². The van der Waals surface area contributed by atoms with E-state index < -0.39 is 18.7 Å². The highest BCUT2D eigenvalue weighted by Gasteiger charge is 2.20. The number of carbonyl (C=O) groups is 1. The Morgan fingerprint density at radius 3 is 3.16 bits per heavy atom. The maximum absolute atomic E-state index is 11.3. The van der Waals surface area contributed by atoms with Crippen LogP contribution < -0.4 is 4.74 Å². The predicted molar refractivity (Wildman–Crippen MR) is 69.6 cm³/mol. The zero-order chi connectivity index (χ0) is 15.9. The Morgan fingerprint density at radius 2 is 2.37 bits per heavy atom. The van der Waals surface area contributed by atoms with Gasteiger partial charge in [-0.15, -0.1) is 0 Å². The number of nitrogens with zero attached hydrogens (tertiary/aromatic N) is 1. The lowest BCUT2D eigenvalue weighted by atomic mass is 9.97. The Balaban J connectivity index is 2.01. The molecule has 2 heterocycles. The van der Waals surface area contributed by atoms with E-state index in [1.807, 2.05) is 6.07 Å². The van der Waals surface area contributed by atoms with Gasteiger partial charge in [0.1, 0.15) is 5.75 Å². The van der Waals surface area contributed by atoms with Gasteiger partial charge in [-0.2, -0.15) is 0 Å². The van der Waals surface area contributed by atoms with Gasteiger partial charge in [0.2, 0.25) is 5.88 Å². The Labute approximate surface area is 114 Å². The van der Waals surface area contributed by atoms with Gasteiger partial charge < -0.3 is 9.84 Å². The van der Waals surface area contributed by atoms with Gasteiger partial charge in [0.25, 0.3) is 0 Å². The lowest BCUT2D eigenvalue weighted by molar-refractivity contribution is -0.138. The summed E-state index contributed by atoms with van der Waals surface area (Å²) in [6, 6.07) is 8.34. The summed E-state index contributed by atoms with van der Waals surface area (Å²) in [6.45, 7) is -2.60. The van der Waals surface area contributed by atoms with Crippen molar-refractivity contribution in [2.24, 2.45) is 0 Å². The van der Waals surface area contributed by atoms with Crippen molar-refractivity contribution >= 4 is 5.97 Å². The summed E-state index contributed by atoms with van der Waals surface area (Å²) in [5.74, 6) is -1.81. The molecule has 2 aromatic rings. The Hall–Kier alpha value is -2.36. The number of hydrogen-bond acceptors (Lipinski definition) is 3. The molecule has 1 atom stereocenters. The second-order valence-electron chi connectivity index (χ2n) is 4.38. The van der Waals surface area contributed by atoms with Gasteiger partial charge in [-0.05, 0) is 30.1 Å². The summed E-state index contributed by atoms with van der Waals surface area (Å²) in [5.41, 5.74) is 1.89. The highest BCUT2D eigenvalue weighted by atomic mass is 16.5. The molecular formula is C15H13NO3. The lowest BCUT2D eigenvalue weighted by Crippen LogP contribution is -2.10. The van der Waals surface area contributed by atoms with Gasteiger partial charge in [-0.25, -0.2) is 4.98 Å². The van der Waals surface area contributed by atoms with E-state index in [1.54, 1.807) is 24.4 Å². The molecule has 1 N–H and O–H groups in total. The summed E-state index contributed by atoms with van der Waals surface area (Å²) in [4.78, 5) is 15.4. The second kappa shape index (κ2) is 4.39. The summed E-state index contributed by atoms with van der Waals surface area (Å²) in [7, 11) is 0. The van der Waals surface area contributed by atoms with E-state index in [-0.39, 0.29) is 5.56 Å². The number of fused-ring (bicyclic) bond motifs is 2. The number of pyridine rings is 1. The molecule has 0 spiro atoms. The quantitative estimate of drug-likeness (QED) is 0.719. The molecule has 1 aliphatic heterocycles. The van der Waals surface area contributed by atoms with Crippen LogP contribution in [0.2, 0.25) is 0 Å². The molecule has 1 aliphatic rings. The fourth-order valence-corrected chi connectivity index (χ4v) is 2.12. The van der Waals surface area contributed by atoms with Crippen molar-refractivity contribution in [3.63, 3.8) is 0 Å². The highest BCUT2D eigenvalue weighted by Crippen LogP contribution is 2.36. The van der Waals surface area contributed by atoms with Crippen molar-refractivity contribution in [2.45, 2.75) is 19.2 Å². The number of benzene rings is 1. The van der Waals surface area contributed by atoms with Gasteiger partial charge in [-0.1, -0.05) is 18.2 Å². The predicted octanol–water partition coefficient (Wildman–Crippen LogP) is 2.97. The monoisotopic (exact) mass is 259 g/mol. The largest absolute Gasteiger partial charge is 0.481 e. The zero-order valence-electron chi connectivity index (χ0n) is 13.0. The molecule has 1 unspecified atom stereocenters. The molecule has 0 saturated carbocycles. The standard InChI is InChI=1S/C15H13NO3/c1-9(15(17)18)10-4-5-13-12(7-10)8-11-3-2-6-16-14(11)19-13/h2-7,9H,8H2,1H3,(H,17,18)/i1+1D3. The number of carboxylic acid groups (broad SMARTS) is 1. The number of ether oxygens (including phenoxy) is 1. The number of aromatic nitrogens is 1. The first kappa shape index (κ1) is 8.69. The van der Waals surface area contributed by atoms with Crippen molar-refractivity contribution in [3.05, 3.63) is 53.2 Å². The Bertz CT molecular complexity index is 743. The Kier molecular flexibility index (Phi) is 2.01. The molecule has 96 valence electrons. The molecule has 0 radical (unpaired) electrons. The zero-order valence-corrected chi connectivity index (χ0v) is 9.96. The smallest absolute Gasteiger partial charge is 0.310 e. The molecule has 19 heavy (non-hydrogen) atoms. The highest BCUT2D eigenvalue weighted by molar-refractivity contribution is 5.75. The third-order valence-electron chi connectivity index (χ3n) is 3.10. The van der Waals surface area contributed by atoms with Crippen LogP contribution in [0.4, 0.5) is 0 Å². The normalized spacial score (nSPS) is 16.9. The fourth-order valence-electron chi connectivity index (χ4n) is 2.12. The third-order valence-corrected chi connectivity index (χ3v) is 3.10. The average molecular weight is 259 g/mol. The van der Waals surface area contributed by atoms with Crippen LogP contribution in [0, 0.1) is 0 Å². The molecule has 0 fully saturated rings. The third kappa shape index (κ3) is 2.05. The molecule has 0 aliphatic carbocycles. The minimum atomic E-state index is -2.60. The average Bonchev–Trinajstić information content (AvgIpc) is 2.43. The Morgan fingerprint density at radius 1 is 1.47 bits per heavy atom. The molecule has 1 aromatic heterocycles. The van der Waals surface area contributed by atoms with Crippen molar-refractivity contribution in [1.82, 2.24) is 4.98 Å². The molecule has 4 nitrogen and oxygen atoms in total. The molecule has 0 bridgehead atoms. The first-order valence-electron chi connectivity index (χ1n) is 7.33. The van der Waals surface area contributed by atoms with E-state index in [4.69, 9.17) is 8.85 Å². The van der Waals surface area contributed by atoms with Crippen LogP contribution in [0.15, 0.2) is 36.5 Å². The van der Waals surface area contributed by atoms with Crippen LogP contribution >= 0.6 is 0 Å². The van der Waals surface area contributed by atoms with E-state index in [0.29, 0.717) is 18.1 Å². The maximum Gasteiger partial charge on any atom is 0.310 e. The second-order valence-corrected chi connectivity index (χ2v) is 4.38. The van der Waals surface area contributed by atoms with E-state index >= 15 is 0 Å². The van der Waals surface area contributed by atoms with Crippen LogP contribution in [-0.4, -0.2) is 16.1 Å². The maximum atomic E-state index is 11.3. The number of carboxylic acids is 1. The molecule has 0 amide bonds. The van der Waals surface area contributed by atoms with Crippen LogP contribution in [-0.2, 0) is 11.2 Å². The number of rotatable bonds is 2.